The zero-order chi connectivity index (χ0) is 15.2. The molecular weight excluding hydrogens is 272 g/mol. The lowest BCUT2D eigenvalue weighted by Gasteiger charge is -2.05. The molecule has 0 atom stereocenters. The number of carbonyl (C=O) groups is 1. The molecule has 0 radical (unpaired) electrons. The lowest BCUT2D eigenvalue weighted by molar-refractivity contribution is -0.385. The summed E-state index contributed by atoms with van der Waals surface area (Å²) in [5.74, 6) is -0.816. The Balaban J connectivity index is 2.19. The smallest absolute Gasteiger partial charge is 0.282 e. The lowest BCUT2D eigenvalue weighted by Crippen LogP contribution is -2.36. The molecule has 0 aliphatic rings. The van der Waals surface area contributed by atoms with Gasteiger partial charge in [0.1, 0.15) is 5.56 Å². The molecule has 0 saturated carbocycles. The van der Waals surface area contributed by atoms with Crippen LogP contribution in [0, 0.1) is 10.1 Å². The highest BCUT2D eigenvalue weighted by atomic mass is 16.6. The molecule has 2 aromatic carbocycles. The Labute approximate surface area is 120 Å². The van der Waals surface area contributed by atoms with Crippen molar-refractivity contribution in [2.45, 2.75) is 0 Å². The van der Waals surface area contributed by atoms with Crippen LogP contribution in [0.15, 0.2) is 59.6 Å². The van der Waals surface area contributed by atoms with E-state index in [0.717, 1.165) is 0 Å². The molecule has 0 spiro atoms. The minimum Gasteiger partial charge on any atom is -0.369 e. The summed E-state index contributed by atoms with van der Waals surface area (Å²) in [6.07, 6.45) is 0. The van der Waals surface area contributed by atoms with Crippen molar-refractivity contribution in [2.75, 3.05) is 0 Å². The van der Waals surface area contributed by atoms with Gasteiger partial charge in [-0.3, -0.25) is 20.2 Å². The van der Waals surface area contributed by atoms with E-state index >= 15 is 0 Å². The largest absolute Gasteiger partial charge is 0.369 e. The second kappa shape index (κ2) is 6.29. The van der Waals surface area contributed by atoms with E-state index in [1.165, 1.54) is 24.3 Å². The van der Waals surface area contributed by atoms with Gasteiger partial charge in [0.25, 0.3) is 11.6 Å². The average molecular weight is 284 g/mol. The number of nitrogens with one attached hydrogen (secondary N) is 1. The summed E-state index contributed by atoms with van der Waals surface area (Å²) in [4.78, 5) is 26.2. The quantitative estimate of drug-likeness (QED) is 0.388. The van der Waals surface area contributed by atoms with Gasteiger partial charge in [-0.05, 0) is 18.2 Å². The molecule has 7 heteroatoms. The fraction of sp³-hybridized carbons (Fsp3) is 0. The highest BCUT2D eigenvalue weighted by Crippen LogP contribution is 2.17. The molecule has 106 valence electrons. The molecule has 0 fully saturated rings. The van der Waals surface area contributed by atoms with E-state index in [4.69, 9.17) is 5.73 Å². The molecule has 2 rings (SSSR count). The molecule has 0 heterocycles. The Morgan fingerprint density at radius 2 is 1.71 bits per heavy atom. The van der Waals surface area contributed by atoms with Crippen LogP contribution in [0.5, 0.6) is 0 Å². The molecule has 2 aromatic rings. The van der Waals surface area contributed by atoms with Crippen LogP contribution < -0.4 is 11.1 Å². The van der Waals surface area contributed by atoms with Crippen LogP contribution in [0.2, 0.25) is 0 Å². The molecule has 7 nitrogen and oxygen atoms in total. The first-order chi connectivity index (χ1) is 10.1. The van der Waals surface area contributed by atoms with Crippen LogP contribution >= 0.6 is 0 Å². The van der Waals surface area contributed by atoms with Crippen molar-refractivity contribution in [1.82, 2.24) is 5.32 Å². The minimum atomic E-state index is -0.681. The van der Waals surface area contributed by atoms with E-state index in [-0.39, 0.29) is 17.2 Å². The van der Waals surface area contributed by atoms with Gasteiger partial charge < -0.3 is 5.73 Å². The summed E-state index contributed by atoms with van der Waals surface area (Å²) >= 11 is 0. The number of hydrogen-bond acceptors (Lipinski definition) is 4. The number of aliphatic imine (C=N–C) groups is 1. The molecule has 1 amide bonds. The highest BCUT2D eigenvalue weighted by molar-refractivity contribution is 6.07. The van der Waals surface area contributed by atoms with Crippen molar-refractivity contribution in [3.63, 3.8) is 0 Å². The van der Waals surface area contributed by atoms with Gasteiger partial charge in [-0.2, -0.15) is 0 Å². The van der Waals surface area contributed by atoms with Crippen molar-refractivity contribution in [3.05, 3.63) is 70.3 Å². The van der Waals surface area contributed by atoms with E-state index < -0.39 is 10.8 Å². The summed E-state index contributed by atoms with van der Waals surface area (Å²) < 4.78 is 0. The zero-order valence-corrected chi connectivity index (χ0v) is 10.9. The van der Waals surface area contributed by atoms with Gasteiger partial charge in [-0.1, -0.05) is 30.3 Å². The second-order valence-corrected chi connectivity index (χ2v) is 4.06. The third-order valence-electron chi connectivity index (χ3n) is 2.59. The van der Waals surface area contributed by atoms with Gasteiger partial charge in [0, 0.05) is 6.07 Å². The highest BCUT2D eigenvalue weighted by Gasteiger charge is 2.19. The number of guanidine groups is 1. The van der Waals surface area contributed by atoms with Crippen molar-refractivity contribution in [2.24, 2.45) is 10.7 Å². The van der Waals surface area contributed by atoms with Crippen LogP contribution in [0.4, 0.5) is 11.4 Å². The SMILES string of the molecule is NC(=Nc1ccccc1)NC(=O)c1ccccc1[N+](=O)[O-]. The molecule has 0 aromatic heterocycles. The van der Waals surface area contributed by atoms with Gasteiger partial charge in [0.2, 0.25) is 5.96 Å². The number of amides is 1. The topological polar surface area (TPSA) is 111 Å². The van der Waals surface area contributed by atoms with Crippen LogP contribution in [0.1, 0.15) is 10.4 Å². The first-order valence-corrected chi connectivity index (χ1v) is 6.02. The Morgan fingerprint density at radius 1 is 1.10 bits per heavy atom. The maximum Gasteiger partial charge on any atom is 0.282 e. The first kappa shape index (κ1) is 14.2. The normalized spacial score (nSPS) is 11.0. The monoisotopic (exact) mass is 284 g/mol. The van der Waals surface area contributed by atoms with Gasteiger partial charge in [-0.25, -0.2) is 4.99 Å². The number of benzene rings is 2. The van der Waals surface area contributed by atoms with Crippen molar-refractivity contribution in [3.8, 4) is 0 Å². The van der Waals surface area contributed by atoms with Crippen molar-refractivity contribution < 1.29 is 9.72 Å². The summed E-state index contributed by atoms with van der Waals surface area (Å²) in [6.45, 7) is 0. The average Bonchev–Trinajstić information content (AvgIpc) is 2.48. The summed E-state index contributed by atoms with van der Waals surface area (Å²) in [7, 11) is 0. The molecule has 0 aliphatic carbocycles. The van der Waals surface area contributed by atoms with E-state index in [1.807, 2.05) is 6.07 Å². The van der Waals surface area contributed by atoms with Gasteiger partial charge >= 0.3 is 0 Å². The first-order valence-electron chi connectivity index (χ1n) is 6.02. The molecule has 0 unspecified atom stereocenters. The Morgan fingerprint density at radius 3 is 2.38 bits per heavy atom. The second-order valence-electron chi connectivity index (χ2n) is 4.06. The van der Waals surface area contributed by atoms with E-state index in [2.05, 4.69) is 10.3 Å². The van der Waals surface area contributed by atoms with Crippen LogP contribution in [0.25, 0.3) is 0 Å². The molecule has 0 bridgehead atoms. The summed E-state index contributed by atoms with van der Waals surface area (Å²) in [6, 6.07) is 14.4. The van der Waals surface area contributed by atoms with Gasteiger partial charge in [0.15, 0.2) is 0 Å². The lowest BCUT2D eigenvalue weighted by atomic mass is 10.1. The van der Waals surface area contributed by atoms with Crippen molar-refractivity contribution >= 4 is 23.2 Å². The number of nitrogens with two attached hydrogens (primary N) is 1. The van der Waals surface area contributed by atoms with Gasteiger partial charge in [0.05, 0.1) is 10.6 Å². The standard InChI is InChI=1S/C14H12N4O3/c15-14(16-10-6-2-1-3-7-10)17-13(19)11-8-4-5-9-12(11)18(20)21/h1-9H,(H3,15,16,17,19). The van der Waals surface area contributed by atoms with Crippen LogP contribution in [-0.4, -0.2) is 16.8 Å². The van der Waals surface area contributed by atoms with Gasteiger partial charge in [-0.15, -0.1) is 0 Å². The maximum atomic E-state index is 12.0. The molecule has 3 N–H and O–H groups in total. The number of para-hydroxylation sites is 2. The molecule has 0 aliphatic heterocycles. The van der Waals surface area contributed by atoms with E-state index in [1.54, 1.807) is 24.3 Å². The van der Waals surface area contributed by atoms with E-state index in [0.29, 0.717) is 5.69 Å². The maximum absolute atomic E-state index is 12.0. The predicted octanol–water partition coefficient (Wildman–Crippen LogP) is 1.97. The summed E-state index contributed by atoms with van der Waals surface area (Å²) in [5.41, 5.74) is 5.82. The van der Waals surface area contributed by atoms with Crippen LogP contribution in [0.3, 0.4) is 0 Å². The fourth-order valence-electron chi connectivity index (χ4n) is 1.68. The fourth-order valence-corrected chi connectivity index (χ4v) is 1.68. The van der Waals surface area contributed by atoms with Crippen LogP contribution in [-0.2, 0) is 0 Å². The van der Waals surface area contributed by atoms with E-state index in [9.17, 15) is 14.9 Å². The number of rotatable bonds is 3. The Kier molecular flexibility index (Phi) is 4.25. The number of hydrogen-bond donors (Lipinski definition) is 2. The zero-order valence-electron chi connectivity index (χ0n) is 10.9. The molecule has 0 saturated heterocycles. The number of nitrogens with zero attached hydrogens (tertiary/aromatic N) is 2. The molecule has 21 heavy (non-hydrogen) atoms. The van der Waals surface area contributed by atoms with Crippen molar-refractivity contribution in [1.29, 1.82) is 0 Å². The number of nitro groups is 1. The predicted molar refractivity (Wildman–Crippen MR) is 78.3 cm³/mol. The summed E-state index contributed by atoms with van der Waals surface area (Å²) in [5, 5.41) is 13.2. The number of carbonyl (C=O) groups excluding carboxylic acids is 1. The minimum absolute atomic E-state index is 0.0753. The number of nitro benzene ring substituents is 1. The third kappa shape index (κ3) is 3.63. The Hall–Kier alpha value is -3.22. The Bertz CT molecular complexity index is 698. The third-order valence-corrected chi connectivity index (χ3v) is 2.59. The molecular formula is C14H12N4O3.